The van der Waals surface area contributed by atoms with E-state index in [0.29, 0.717) is 5.56 Å². The normalized spacial score (nSPS) is 11.7. The second-order valence-electron chi connectivity index (χ2n) is 13.8. The molecule has 0 amide bonds. The average molecular weight is 688 g/mol. The summed E-state index contributed by atoms with van der Waals surface area (Å²) in [4.78, 5) is 5.31. The van der Waals surface area contributed by atoms with Crippen LogP contribution >= 0.6 is 0 Å². The number of nitriles is 1. The zero-order chi connectivity index (χ0) is 35.8. The first-order valence-corrected chi connectivity index (χ1v) is 18.1. The van der Waals surface area contributed by atoms with Gasteiger partial charge >= 0.3 is 0 Å². The van der Waals surface area contributed by atoms with Crippen molar-refractivity contribution >= 4 is 65.4 Å². The van der Waals surface area contributed by atoms with Gasteiger partial charge in [0, 0.05) is 49.0 Å². The predicted molar refractivity (Wildman–Crippen MR) is 222 cm³/mol. The van der Waals surface area contributed by atoms with Gasteiger partial charge in [0.15, 0.2) is 0 Å². The number of rotatable bonds is 4. The first-order chi connectivity index (χ1) is 26.7. The lowest BCUT2D eigenvalue weighted by atomic mass is 9.95. The highest BCUT2D eigenvalue weighted by molar-refractivity contribution is 6.25. The molecule has 0 atom stereocenters. The zero-order valence-corrected chi connectivity index (χ0v) is 29.0. The van der Waals surface area contributed by atoms with Crippen LogP contribution in [0.5, 0.6) is 0 Å². The van der Waals surface area contributed by atoms with Crippen LogP contribution in [0.4, 0.5) is 0 Å². The van der Waals surface area contributed by atoms with E-state index in [2.05, 4.69) is 138 Å². The number of aromatic nitrogens is 2. The largest absolute Gasteiger partial charge is 0.455 e. The fourth-order valence-corrected chi connectivity index (χ4v) is 8.25. The summed E-state index contributed by atoms with van der Waals surface area (Å²) in [6.07, 6.45) is 0. The third-order valence-corrected chi connectivity index (χ3v) is 10.8. The molecule has 11 aromatic rings. The highest BCUT2D eigenvalue weighted by Gasteiger charge is 2.18. The Morgan fingerprint density at radius 1 is 0.463 bits per heavy atom. The number of hydrogen-bond donors (Lipinski definition) is 0. The van der Waals surface area contributed by atoms with E-state index in [9.17, 15) is 5.26 Å². The highest BCUT2D eigenvalue weighted by atomic mass is 16.3. The Balaban J connectivity index is 1.04. The summed E-state index contributed by atoms with van der Waals surface area (Å²) in [5.74, 6) is 0. The molecule has 0 spiro atoms. The molecule has 4 heteroatoms. The molecule has 0 aliphatic heterocycles. The molecular formula is C50H29N3O. The van der Waals surface area contributed by atoms with Gasteiger partial charge in [-0.3, -0.25) is 0 Å². The van der Waals surface area contributed by atoms with Crippen LogP contribution in [0.15, 0.2) is 180 Å². The SMILES string of the molecule is N#Cc1ccc2c3cc(-c4ccc(-c5ccc6c(c5)nc(-c5ccccc5)c5ccc7c8ccccc8oc7c56)cc4)ccc3n(-c3ccccc3)c2c1. The van der Waals surface area contributed by atoms with Gasteiger partial charge in [-0.2, -0.15) is 5.26 Å². The van der Waals surface area contributed by atoms with E-state index in [-0.39, 0.29) is 0 Å². The molecule has 3 aromatic heterocycles. The van der Waals surface area contributed by atoms with Gasteiger partial charge in [0.1, 0.15) is 11.2 Å². The molecule has 0 saturated carbocycles. The Bertz CT molecular complexity index is 3310. The minimum absolute atomic E-state index is 0.648. The van der Waals surface area contributed by atoms with E-state index in [4.69, 9.17) is 9.40 Å². The standard InChI is InChI=1S/C50H29N3O/c51-30-31-15-22-38-43-28-35(21-26-45(43)53(46(38)27-31)37-11-5-2-6-12-37)32-16-18-33(19-17-32)36-20-23-41-44(29-36)52-49(34-9-3-1-4-10-34)42-25-24-40-39-13-7-8-14-47(39)54-50(40)48(41)42/h1-29H. The number of hydrogen-bond acceptors (Lipinski definition) is 3. The van der Waals surface area contributed by atoms with E-state index in [0.717, 1.165) is 105 Å². The zero-order valence-electron chi connectivity index (χ0n) is 29.0. The number of para-hydroxylation sites is 2. The maximum atomic E-state index is 9.68. The van der Waals surface area contributed by atoms with Crippen molar-refractivity contribution in [3.8, 4) is 45.3 Å². The van der Waals surface area contributed by atoms with Gasteiger partial charge in [-0.05, 0) is 76.9 Å². The van der Waals surface area contributed by atoms with Crippen LogP contribution in [-0.4, -0.2) is 9.55 Å². The van der Waals surface area contributed by atoms with Crippen molar-refractivity contribution in [3.63, 3.8) is 0 Å². The van der Waals surface area contributed by atoms with E-state index in [1.54, 1.807) is 0 Å². The third kappa shape index (κ3) is 4.59. The maximum Gasteiger partial charge on any atom is 0.144 e. The lowest BCUT2D eigenvalue weighted by molar-refractivity contribution is 0.673. The van der Waals surface area contributed by atoms with Crippen LogP contribution in [0, 0.1) is 11.3 Å². The molecule has 0 N–H and O–H groups in total. The third-order valence-electron chi connectivity index (χ3n) is 10.8. The lowest BCUT2D eigenvalue weighted by Crippen LogP contribution is -1.93. The minimum atomic E-state index is 0.648. The van der Waals surface area contributed by atoms with E-state index >= 15 is 0 Å². The molecule has 250 valence electrons. The molecule has 0 radical (unpaired) electrons. The summed E-state index contributed by atoms with van der Waals surface area (Å²) in [6, 6.07) is 63.7. The van der Waals surface area contributed by atoms with Crippen molar-refractivity contribution in [1.82, 2.24) is 9.55 Å². The summed E-state index contributed by atoms with van der Waals surface area (Å²) in [6.45, 7) is 0. The quantitative estimate of drug-likeness (QED) is 0.173. The monoisotopic (exact) mass is 687 g/mol. The van der Waals surface area contributed by atoms with E-state index < -0.39 is 0 Å². The number of nitrogens with zero attached hydrogens (tertiary/aromatic N) is 3. The lowest BCUT2D eigenvalue weighted by Gasteiger charge is -2.12. The van der Waals surface area contributed by atoms with Gasteiger partial charge in [-0.15, -0.1) is 0 Å². The number of fused-ring (bicyclic) bond motifs is 10. The molecule has 4 nitrogen and oxygen atoms in total. The van der Waals surface area contributed by atoms with Gasteiger partial charge < -0.3 is 8.98 Å². The van der Waals surface area contributed by atoms with Crippen LogP contribution in [-0.2, 0) is 0 Å². The van der Waals surface area contributed by atoms with E-state index in [1.807, 2.05) is 48.5 Å². The van der Waals surface area contributed by atoms with Gasteiger partial charge in [-0.25, -0.2) is 4.98 Å². The summed E-state index contributed by atoms with van der Waals surface area (Å²) < 4.78 is 8.83. The second kappa shape index (κ2) is 11.8. The van der Waals surface area contributed by atoms with Crippen molar-refractivity contribution in [3.05, 3.63) is 181 Å². The Morgan fingerprint density at radius 3 is 1.91 bits per heavy atom. The molecule has 0 fully saturated rings. The molecule has 0 aliphatic carbocycles. The van der Waals surface area contributed by atoms with Gasteiger partial charge in [0.25, 0.3) is 0 Å². The Kier molecular flexibility index (Phi) is 6.58. The fraction of sp³-hybridized carbons (Fsp3) is 0. The summed E-state index contributed by atoms with van der Waals surface area (Å²) in [7, 11) is 0. The molecule has 0 bridgehead atoms. The molecule has 0 unspecified atom stereocenters. The maximum absolute atomic E-state index is 9.68. The predicted octanol–water partition coefficient (Wildman–Crippen LogP) is 13.3. The Morgan fingerprint density at radius 2 is 1.11 bits per heavy atom. The molecule has 3 heterocycles. The van der Waals surface area contributed by atoms with Crippen molar-refractivity contribution in [2.45, 2.75) is 0 Å². The summed E-state index contributed by atoms with van der Waals surface area (Å²) in [5.41, 5.74) is 13.1. The van der Waals surface area contributed by atoms with Gasteiger partial charge in [-0.1, -0.05) is 121 Å². The van der Waals surface area contributed by atoms with Crippen molar-refractivity contribution in [2.24, 2.45) is 0 Å². The topological polar surface area (TPSA) is 54.8 Å². The molecular weight excluding hydrogens is 659 g/mol. The first kappa shape index (κ1) is 30.2. The molecule has 11 rings (SSSR count). The average Bonchev–Trinajstić information content (AvgIpc) is 3.79. The smallest absolute Gasteiger partial charge is 0.144 e. The van der Waals surface area contributed by atoms with E-state index in [1.165, 1.54) is 0 Å². The number of benzene rings is 8. The van der Waals surface area contributed by atoms with Crippen LogP contribution in [0.3, 0.4) is 0 Å². The highest BCUT2D eigenvalue weighted by Crippen LogP contribution is 2.42. The Labute approximate surface area is 310 Å². The van der Waals surface area contributed by atoms with Crippen LogP contribution in [0.25, 0.3) is 105 Å². The number of furan rings is 1. The van der Waals surface area contributed by atoms with Crippen molar-refractivity contribution in [2.75, 3.05) is 0 Å². The fourth-order valence-electron chi connectivity index (χ4n) is 8.25. The molecule has 54 heavy (non-hydrogen) atoms. The first-order valence-electron chi connectivity index (χ1n) is 18.1. The molecule has 0 saturated heterocycles. The molecule has 0 aliphatic rings. The second-order valence-corrected chi connectivity index (χ2v) is 13.8. The van der Waals surface area contributed by atoms with Crippen LogP contribution in [0.2, 0.25) is 0 Å². The minimum Gasteiger partial charge on any atom is -0.455 e. The van der Waals surface area contributed by atoms with Crippen molar-refractivity contribution < 1.29 is 4.42 Å². The van der Waals surface area contributed by atoms with Gasteiger partial charge in [0.05, 0.1) is 33.9 Å². The molecule has 8 aromatic carbocycles. The van der Waals surface area contributed by atoms with Crippen molar-refractivity contribution in [1.29, 1.82) is 5.26 Å². The van der Waals surface area contributed by atoms with Crippen LogP contribution in [0.1, 0.15) is 5.56 Å². The van der Waals surface area contributed by atoms with Gasteiger partial charge in [0.2, 0.25) is 0 Å². The summed E-state index contributed by atoms with van der Waals surface area (Å²) in [5, 5.41) is 17.4. The summed E-state index contributed by atoms with van der Waals surface area (Å²) >= 11 is 0. The Hall–Kier alpha value is -7.48. The van der Waals surface area contributed by atoms with Crippen LogP contribution < -0.4 is 0 Å². The number of pyridine rings is 1.